The summed E-state index contributed by atoms with van der Waals surface area (Å²) in [6.45, 7) is 17.7. The summed E-state index contributed by atoms with van der Waals surface area (Å²) in [7, 11) is 0. The van der Waals surface area contributed by atoms with Crippen molar-refractivity contribution in [2.24, 2.45) is 57.2 Å². The SMILES string of the molecule is C[C@@H]1[C@H]2[C@H]3[C@H]4C[C@@H]5[C@@]6(C)Cc7cnoc7C(C)(C)[C@@H]6CC[C@@]5(C)[C@]3(C)CC[C@]2(CC[C@H]1C)C(O)O4. The molecule has 1 aromatic heterocycles. The van der Waals surface area contributed by atoms with E-state index in [2.05, 4.69) is 53.6 Å². The van der Waals surface area contributed by atoms with E-state index in [0.717, 1.165) is 37.4 Å². The Morgan fingerprint density at radius 2 is 1.69 bits per heavy atom. The Bertz CT molecular complexity index is 1050. The first-order valence-corrected chi connectivity index (χ1v) is 14.7. The highest BCUT2D eigenvalue weighted by Crippen LogP contribution is 2.78. The molecule has 7 rings (SSSR count). The maximum absolute atomic E-state index is 11.6. The molecule has 1 aromatic rings. The highest BCUT2D eigenvalue weighted by molar-refractivity contribution is 5.33. The molecule has 35 heavy (non-hydrogen) atoms. The minimum Gasteiger partial charge on any atom is -0.367 e. The molecular formula is C31H47NO3. The fourth-order valence-electron chi connectivity index (χ4n) is 12.4. The van der Waals surface area contributed by atoms with Gasteiger partial charge in [-0.2, -0.15) is 0 Å². The second kappa shape index (κ2) is 6.76. The van der Waals surface area contributed by atoms with E-state index in [1.165, 1.54) is 31.2 Å². The number of hydrogen-bond donors (Lipinski definition) is 1. The predicted octanol–water partition coefficient (Wildman–Crippen LogP) is 6.75. The van der Waals surface area contributed by atoms with E-state index in [0.29, 0.717) is 35.0 Å². The van der Waals surface area contributed by atoms with Crippen LogP contribution >= 0.6 is 0 Å². The van der Waals surface area contributed by atoms with Gasteiger partial charge in [0.1, 0.15) is 5.76 Å². The Balaban J connectivity index is 1.36. The molecule has 5 fully saturated rings. The second-order valence-electron chi connectivity index (χ2n) is 15.5. The Labute approximate surface area is 211 Å². The van der Waals surface area contributed by atoms with Gasteiger partial charge in [-0.05, 0) is 103 Å². The van der Waals surface area contributed by atoms with Crippen molar-refractivity contribution >= 4 is 0 Å². The first kappa shape index (κ1) is 23.3. The van der Waals surface area contributed by atoms with Gasteiger partial charge in [-0.15, -0.1) is 0 Å². The van der Waals surface area contributed by atoms with Crippen LogP contribution in [0.4, 0.5) is 0 Å². The molecule has 1 saturated heterocycles. The molecule has 2 bridgehead atoms. The largest absolute Gasteiger partial charge is 0.367 e. The Morgan fingerprint density at radius 3 is 2.46 bits per heavy atom. The van der Waals surface area contributed by atoms with Crippen LogP contribution in [-0.4, -0.2) is 22.7 Å². The van der Waals surface area contributed by atoms with Gasteiger partial charge in [0.05, 0.1) is 12.3 Å². The van der Waals surface area contributed by atoms with Crippen LogP contribution in [0.25, 0.3) is 0 Å². The van der Waals surface area contributed by atoms with Crippen LogP contribution in [-0.2, 0) is 16.6 Å². The Hall–Kier alpha value is -0.870. The highest BCUT2D eigenvalue weighted by atomic mass is 16.6. The molecule has 1 N–H and O–H groups in total. The van der Waals surface area contributed by atoms with Crippen LogP contribution in [0.5, 0.6) is 0 Å². The van der Waals surface area contributed by atoms with E-state index in [1.807, 2.05) is 6.20 Å². The molecule has 1 aliphatic heterocycles. The number of nitrogens with zero attached hydrogens (tertiary/aromatic N) is 1. The topological polar surface area (TPSA) is 55.5 Å². The number of hydrogen-bond acceptors (Lipinski definition) is 4. The van der Waals surface area contributed by atoms with Crippen LogP contribution in [0.2, 0.25) is 0 Å². The predicted molar refractivity (Wildman–Crippen MR) is 135 cm³/mol. The van der Waals surface area contributed by atoms with E-state index in [9.17, 15) is 5.11 Å². The average molecular weight is 482 g/mol. The fraction of sp³-hybridized carbons (Fsp3) is 0.903. The summed E-state index contributed by atoms with van der Waals surface area (Å²) in [5, 5.41) is 15.9. The quantitative estimate of drug-likeness (QED) is 0.445. The maximum atomic E-state index is 11.6. The van der Waals surface area contributed by atoms with Gasteiger partial charge in [-0.25, -0.2) is 0 Å². The molecule has 4 saturated carbocycles. The Morgan fingerprint density at radius 1 is 0.914 bits per heavy atom. The van der Waals surface area contributed by atoms with Crippen molar-refractivity contribution in [2.45, 2.75) is 118 Å². The van der Waals surface area contributed by atoms with Gasteiger partial charge in [-0.3, -0.25) is 0 Å². The first-order valence-electron chi connectivity index (χ1n) is 14.7. The normalized spacial score (nSPS) is 57.9. The maximum Gasteiger partial charge on any atom is 0.160 e. The van der Waals surface area contributed by atoms with Gasteiger partial charge in [-0.1, -0.05) is 53.6 Å². The number of fused-ring (bicyclic) bond motifs is 5. The van der Waals surface area contributed by atoms with Crippen LogP contribution in [0.15, 0.2) is 10.7 Å². The summed E-state index contributed by atoms with van der Waals surface area (Å²) in [4.78, 5) is 0. The van der Waals surface area contributed by atoms with E-state index in [4.69, 9.17) is 9.26 Å². The van der Waals surface area contributed by atoms with Crippen LogP contribution in [0, 0.1) is 57.2 Å². The van der Waals surface area contributed by atoms with E-state index >= 15 is 0 Å². The van der Waals surface area contributed by atoms with Crippen molar-refractivity contribution in [3.8, 4) is 0 Å². The summed E-state index contributed by atoms with van der Waals surface area (Å²) in [5.41, 5.74) is 2.05. The number of ether oxygens (including phenoxy) is 1. The first-order chi connectivity index (χ1) is 16.4. The monoisotopic (exact) mass is 481 g/mol. The molecule has 0 radical (unpaired) electrons. The summed E-state index contributed by atoms with van der Waals surface area (Å²) in [5.74, 6) is 4.85. The lowest BCUT2D eigenvalue weighted by Gasteiger charge is -2.76. The lowest BCUT2D eigenvalue weighted by atomic mass is 9.30. The summed E-state index contributed by atoms with van der Waals surface area (Å²) >= 11 is 0. The minimum atomic E-state index is -0.586. The molecule has 0 spiro atoms. The number of aliphatic hydroxyl groups is 1. The molecule has 0 amide bonds. The average Bonchev–Trinajstić information content (AvgIpc) is 3.26. The molecule has 6 aliphatic rings. The Kier molecular flexibility index (Phi) is 4.49. The van der Waals surface area contributed by atoms with Crippen molar-refractivity contribution in [1.29, 1.82) is 0 Å². The number of rotatable bonds is 0. The van der Waals surface area contributed by atoms with Gasteiger partial charge < -0.3 is 14.4 Å². The summed E-state index contributed by atoms with van der Waals surface area (Å²) in [6, 6.07) is 0. The van der Waals surface area contributed by atoms with Crippen LogP contribution < -0.4 is 0 Å². The van der Waals surface area contributed by atoms with Crippen molar-refractivity contribution in [3.63, 3.8) is 0 Å². The van der Waals surface area contributed by atoms with Crippen LogP contribution in [0.3, 0.4) is 0 Å². The molecule has 2 heterocycles. The zero-order chi connectivity index (χ0) is 24.8. The van der Waals surface area contributed by atoms with Crippen molar-refractivity contribution < 1.29 is 14.4 Å². The second-order valence-corrected chi connectivity index (χ2v) is 15.5. The summed E-state index contributed by atoms with van der Waals surface area (Å²) in [6.07, 6.45) is 11.1. The standard InChI is InChI=1S/C31H47NO3/c1-17-8-11-31-13-12-30(7)24(23(31)18(17)2)20(34-26(31)33)14-22-28(5)15-19-16-32-35-25(19)27(3,4)21(28)9-10-29(22,30)6/h16-18,20-24,26,33H,8-15H2,1-7H3/t17-,18+,20-,21+,22-,23+,24-,26?,28+,29-,30-,31+/m1/s1. The van der Waals surface area contributed by atoms with Gasteiger partial charge in [0.2, 0.25) is 0 Å². The lowest BCUT2D eigenvalue weighted by Crippen LogP contribution is -2.74. The number of aromatic nitrogens is 1. The molecule has 12 atom stereocenters. The highest BCUT2D eigenvalue weighted by Gasteiger charge is 2.75. The zero-order valence-electron chi connectivity index (χ0n) is 23.1. The van der Waals surface area contributed by atoms with Crippen molar-refractivity contribution in [1.82, 2.24) is 5.16 Å². The van der Waals surface area contributed by atoms with Crippen molar-refractivity contribution in [3.05, 3.63) is 17.5 Å². The van der Waals surface area contributed by atoms with Gasteiger partial charge in [0.15, 0.2) is 6.29 Å². The molecule has 0 aromatic carbocycles. The van der Waals surface area contributed by atoms with E-state index < -0.39 is 6.29 Å². The molecule has 194 valence electrons. The molecule has 5 aliphatic carbocycles. The van der Waals surface area contributed by atoms with Gasteiger partial charge in [0.25, 0.3) is 0 Å². The number of aliphatic hydroxyl groups excluding tert-OH is 1. The smallest absolute Gasteiger partial charge is 0.160 e. The van der Waals surface area contributed by atoms with Gasteiger partial charge >= 0.3 is 0 Å². The van der Waals surface area contributed by atoms with Gasteiger partial charge in [0, 0.05) is 16.4 Å². The lowest BCUT2D eigenvalue weighted by molar-refractivity contribution is -0.373. The fourth-order valence-corrected chi connectivity index (χ4v) is 12.4. The minimum absolute atomic E-state index is 0.000112. The third-order valence-corrected chi connectivity index (χ3v) is 14.4. The van der Waals surface area contributed by atoms with Crippen LogP contribution in [0.1, 0.15) is 105 Å². The molecule has 4 heteroatoms. The molecule has 4 nitrogen and oxygen atoms in total. The molecular weight excluding hydrogens is 434 g/mol. The molecule has 1 unspecified atom stereocenters. The summed E-state index contributed by atoms with van der Waals surface area (Å²) < 4.78 is 12.7. The third-order valence-electron chi connectivity index (χ3n) is 14.4. The third kappa shape index (κ3) is 2.46. The van der Waals surface area contributed by atoms with Crippen molar-refractivity contribution in [2.75, 3.05) is 0 Å². The zero-order valence-corrected chi connectivity index (χ0v) is 23.1. The van der Waals surface area contributed by atoms with E-state index in [-0.39, 0.29) is 27.8 Å². The van der Waals surface area contributed by atoms with E-state index in [1.54, 1.807) is 0 Å².